The van der Waals surface area contributed by atoms with Gasteiger partial charge in [0, 0.05) is 36.3 Å². The van der Waals surface area contributed by atoms with Gasteiger partial charge in [0.2, 0.25) is 0 Å². The summed E-state index contributed by atoms with van der Waals surface area (Å²) in [7, 11) is 0. The number of nitrogens with zero attached hydrogens (tertiary/aromatic N) is 3. The van der Waals surface area contributed by atoms with Crippen LogP contribution in [0.5, 0.6) is 11.5 Å². The maximum Gasteiger partial charge on any atom is 0.262 e. The van der Waals surface area contributed by atoms with E-state index in [-0.39, 0.29) is 18.1 Å². The largest absolute Gasteiger partial charge is 0.483 e. The maximum atomic E-state index is 12.6. The molecule has 0 spiro atoms. The van der Waals surface area contributed by atoms with Crippen LogP contribution in [0.2, 0.25) is 0 Å². The van der Waals surface area contributed by atoms with E-state index >= 15 is 0 Å². The number of hydrogen-bond acceptors (Lipinski definition) is 7. The fraction of sp³-hybridized carbons (Fsp3) is 0.346. The highest BCUT2D eigenvalue weighted by Gasteiger charge is 2.32. The van der Waals surface area contributed by atoms with E-state index in [4.69, 9.17) is 14.2 Å². The minimum Gasteiger partial charge on any atom is -0.483 e. The topological polar surface area (TPSA) is 85.8 Å². The van der Waals surface area contributed by atoms with Crippen LogP contribution in [-0.4, -0.2) is 54.6 Å². The number of rotatable bonds is 6. The fourth-order valence-electron chi connectivity index (χ4n) is 4.24. The standard InChI is InChI=1S/C26H28N4O4/c1-26(2)16-19-6-4-8-22(25(19)34-26)33-17-24(31)27-20-7-3-5-18(15-20)21-9-10-23(29-28-21)30-11-13-32-14-12-30/h3-10,15H,11-14,16-17H2,1-2H3,(H,27,31). The van der Waals surface area contributed by atoms with Crippen LogP contribution in [0.3, 0.4) is 0 Å². The Labute approximate surface area is 198 Å². The Hall–Kier alpha value is -3.65. The van der Waals surface area contributed by atoms with Crippen LogP contribution in [0, 0.1) is 0 Å². The Morgan fingerprint density at radius 1 is 1.09 bits per heavy atom. The lowest BCUT2D eigenvalue weighted by atomic mass is 10.0. The van der Waals surface area contributed by atoms with Gasteiger partial charge in [-0.1, -0.05) is 24.3 Å². The van der Waals surface area contributed by atoms with Crippen LogP contribution in [0.25, 0.3) is 11.3 Å². The van der Waals surface area contributed by atoms with Gasteiger partial charge in [-0.25, -0.2) is 0 Å². The summed E-state index contributed by atoms with van der Waals surface area (Å²) in [5, 5.41) is 11.6. The fourth-order valence-corrected chi connectivity index (χ4v) is 4.24. The highest BCUT2D eigenvalue weighted by atomic mass is 16.5. The molecule has 1 amide bonds. The summed E-state index contributed by atoms with van der Waals surface area (Å²) in [5.41, 5.74) is 3.10. The molecule has 1 fully saturated rings. The third-order valence-corrected chi connectivity index (χ3v) is 5.84. The Kier molecular flexibility index (Phi) is 6.06. The molecule has 3 aromatic rings. The summed E-state index contributed by atoms with van der Waals surface area (Å²) in [4.78, 5) is 14.7. The summed E-state index contributed by atoms with van der Waals surface area (Å²) >= 11 is 0. The van der Waals surface area contributed by atoms with E-state index in [2.05, 4.69) is 20.4 Å². The van der Waals surface area contributed by atoms with E-state index in [1.165, 1.54) is 0 Å². The number of ether oxygens (including phenoxy) is 3. The molecule has 8 nitrogen and oxygen atoms in total. The van der Waals surface area contributed by atoms with Crippen LogP contribution < -0.4 is 19.7 Å². The first-order valence-corrected chi connectivity index (χ1v) is 11.5. The van der Waals surface area contributed by atoms with Crippen LogP contribution >= 0.6 is 0 Å². The molecule has 1 N–H and O–H groups in total. The van der Waals surface area contributed by atoms with Crippen LogP contribution in [0.15, 0.2) is 54.6 Å². The second kappa shape index (κ2) is 9.30. The van der Waals surface area contributed by atoms with Gasteiger partial charge in [0.05, 0.1) is 18.9 Å². The van der Waals surface area contributed by atoms with Gasteiger partial charge in [-0.05, 0) is 44.2 Å². The molecule has 0 unspecified atom stereocenters. The molecule has 2 aliphatic rings. The second-order valence-corrected chi connectivity index (χ2v) is 9.08. The first kappa shape index (κ1) is 22.2. The van der Waals surface area contributed by atoms with Crippen molar-refractivity contribution in [2.24, 2.45) is 0 Å². The second-order valence-electron chi connectivity index (χ2n) is 9.08. The molecule has 0 bridgehead atoms. The molecular weight excluding hydrogens is 432 g/mol. The lowest BCUT2D eigenvalue weighted by Crippen LogP contribution is -2.36. The number of benzene rings is 2. The van der Waals surface area contributed by atoms with Gasteiger partial charge >= 0.3 is 0 Å². The molecule has 0 saturated carbocycles. The average molecular weight is 461 g/mol. The molecule has 0 radical (unpaired) electrons. The normalized spacial score (nSPS) is 16.5. The summed E-state index contributed by atoms with van der Waals surface area (Å²) in [6.45, 7) is 6.99. The van der Waals surface area contributed by atoms with Gasteiger partial charge in [-0.3, -0.25) is 4.79 Å². The number of carbonyl (C=O) groups is 1. The van der Waals surface area contributed by atoms with Crippen LogP contribution in [0.4, 0.5) is 11.5 Å². The maximum absolute atomic E-state index is 12.6. The van der Waals surface area contributed by atoms with E-state index in [0.717, 1.165) is 47.9 Å². The molecule has 2 aliphatic heterocycles. The van der Waals surface area contributed by atoms with Crippen molar-refractivity contribution < 1.29 is 19.0 Å². The molecular formula is C26H28N4O4. The zero-order chi connectivity index (χ0) is 23.5. The monoisotopic (exact) mass is 460 g/mol. The lowest BCUT2D eigenvalue weighted by Gasteiger charge is -2.27. The molecule has 3 heterocycles. The quantitative estimate of drug-likeness (QED) is 0.600. The summed E-state index contributed by atoms with van der Waals surface area (Å²) in [6.07, 6.45) is 0.814. The smallest absolute Gasteiger partial charge is 0.262 e. The number of fused-ring (bicyclic) bond motifs is 1. The molecule has 34 heavy (non-hydrogen) atoms. The van der Waals surface area contributed by atoms with Crippen molar-refractivity contribution in [3.63, 3.8) is 0 Å². The van der Waals surface area contributed by atoms with E-state index in [1.54, 1.807) is 0 Å². The number of para-hydroxylation sites is 1. The number of anilines is 2. The van der Waals surface area contributed by atoms with Crippen molar-refractivity contribution in [1.82, 2.24) is 10.2 Å². The van der Waals surface area contributed by atoms with E-state index < -0.39 is 0 Å². The summed E-state index contributed by atoms with van der Waals surface area (Å²) in [6, 6.07) is 17.2. The Balaban J connectivity index is 1.21. The molecule has 176 valence electrons. The van der Waals surface area contributed by atoms with Gasteiger partial charge in [0.25, 0.3) is 5.91 Å². The predicted octanol–water partition coefficient (Wildman–Crippen LogP) is 3.71. The minimum absolute atomic E-state index is 0.113. The van der Waals surface area contributed by atoms with Crippen molar-refractivity contribution >= 4 is 17.4 Å². The van der Waals surface area contributed by atoms with Crippen LogP contribution in [-0.2, 0) is 16.0 Å². The average Bonchev–Trinajstić information content (AvgIpc) is 3.18. The molecule has 0 aliphatic carbocycles. The van der Waals surface area contributed by atoms with Gasteiger partial charge in [0.15, 0.2) is 23.9 Å². The third-order valence-electron chi connectivity index (χ3n) is 5.84. The van der Waals surface area contributed by atoms with Gasteiger partial charge in [0.1, 0.15) is 5.60 Å². The molecule has 0 atom stereocenters. The van der Waals surface area contributed by atoms with Gasteiger partial charge in [-0.2, -0.15) is 0 Å². The summed E-state index contributed by atoms with van der Waals surface area (Å²) in [5.74, 6) is 1.90. The lowest BCUT2D eigenvalue weighted by molar-refractivity contribution is -0.118. The molecule has 1 aromatic heterocycles. The minimum atomic E-state index is -0.270. The van der Waals surface area contributed by atoms with Crippen molar-refractivity contribution in [3.8, 4) is 22.8 Å². The van der Waals surface area contributed by atoms with E-state index in [0.29, 0.717) is 24.7 Å². The Morgan fingerprint density at radius 3 is 2.71 bits per heavy atom. The first-order chi connectivity index (χ1) is 16.5. The molecule has 1 saturated heterocycles. The predicted molar refractivity (Wildman–Crippen MR) is 129 cm³/mol. The molecule has 5 rings (SSSR count). The molecule has 8 heteroatoms. The van der Waals surface area contributed by atoms with Gasteiger partial charge in [-0.15, -0.1) is 10.2 Å². The number of nitrogens with one attached hydrogen (secondary N) is 1. The van der Waals surface area contributed by atoms with Gasteiger partial charge < -0.3 is 24.4 Å². The molecule has 2 aromatic carbocycles. The van der Waals surface area contributed by atoms with Crippen molar-refractivity contribution in [2.75, 3.05) is 43.1 Å². The number of hydrogen-bond donors (Lipinski definition) is 1. The van der Waals surface area contributed by atoms with E-state index in [1.807, 2.05) is 68.4 Å². The summed E-state index contributed by atoms with van der Waals surface area (Å²) < 4.78 is 17.2. The van der Waals surface area contributed by atoms with Crippen molar-refractivity contribution in [2.45, 2.75) is 25.9 Å². The SMILES string of the molecule is CC1(C)Cc2cccc(OCC(=O)Nc3cccc(-c4ccc(N5CCOCC5)nn4)c3)c2O1. The zero-order valence-corrected chi connectivity index (χ0v) is 19.4. The number of morpholine rings is 1. The van der Waals surface area contributed by atoms with E-state index in [9.17, 15) is 4.79 Å². The Bertz CT molecular complexity index is 1170. The third kappa shape index (κ3) is 4.97. The number of aromatic nitrogens is 2. The Morgan fingerprint density at radius 2 is 1.91 bits per heavy atom. The zero-order valence-electron chi connectivity index (χ0n) is 19.4. The number of carbonyl (C=O) groups excluding carboxylic acids is 1. The highest BCUT2D eigenvalue weighted by molar-refractivity contribution is 5.92. The first-order valence-electron chi connectivity index (χ1n) is 11.5. The highest BCUT2D eigenvalue weighted by Crippen LogP contribution is 2.41. The van der Waals surface area contributed by atoms with Crippen molar-refractivity contribution in [3.05, 3.63) is 60.2 Å². The number of amides is 1. The van der Waals surface area contributed by atoms with Crippen molar-refractivity contribution in [1.29, 1.82) is 0 Å². The van der Waals surface area contributed by atoms with Crippen LogP contribution in [0.1, 0.15) is 19.4 Å².